The standard InChI is InChI=1S/C11H12N2O2/c1-7-2-3-8(11(14)15)9(6-7)10-12-4-5-13-10/h2-3,6H,4-5H2,1H3,(H,12,13)(H,14,15). The number of carbonyl (C=O) groups is 1. The lowest BCUT2D eigenvalue weighted by Crippen LogP contribution is -2.22. The average molecular weight is 204 g/mol. The van der Waals surface area contributed by atoms with Crippen LogP contribution in [0.1, 0.15) is 21.5 Å². The summed E-state index contributed by atoms with van der Waals surface area (Å²) in [5.41, 5.74) is 2.01. The van der Waals surface area contributed by atoms with Crippen LogP contribution in [0, 0.1) is 6.92 Å². The molecule has 1 aliphatic rings. The van der Waals surface area contributed by atoms with Crippen molar-refractivity contribution in [2.75, 3.05) is 13.1 Å². The van der Waals surface area contributed by atoms with Crippen LogP contribution in [0.25, 0.3) is 0 Å². The molecule has 0 aromatic heterocycles. The summed E-state index contributed by atoms with van der Waals surface area (Å²) in [5.74, 6) is -0.225. The summed E-state index contributed by atoms with van der Waals surface area (Å²) in [5, 5.41) is 12.1. The third-order valence-electron chi connectivity index (χ3n) is 2.33. The fourth-order valence-electron chi connectivity index (χ4n) is 1.62. The van der Waals surface area contributed by atoms with Gasteiger partial charge in [0.1, 0.15) is 5.84 Å². The molecule has 0 saturated heterocycles. The lowest BCUT2D eigenvalue weighted by molar-refractivity contribution is 0.0696. The normalized spacial score (nSPS) is 14.6. The third kappa shape index (κ3) is 1.83. The molecule has 1 aromatic carbocycles. The molecule has 0 fully saturated rings. The zero-order valence-electron chi connectivity index (χ0n) is 8.45. The van der Waals surface area contributed by atoms with Crippen LogP contribution in [0.3, 0.4) is 0 Å². The van der Waals surface area contributed by atoms with E-state index in [1.54, 1.807) is 12.1 Å². The van der Waals surface area contributed by atoms with Gasteiger partial charge in [-0.05, 0) is 19.1 Å². The molecule has 0 atom stereocenters. The number of nitrogens with one attached hydrogen (secondary N) is 1. The van der Waals surface area contributed by atoms with Gasteiger partial charge in [-0.2, -0.15) is 0 Å². The molecule has 1 aliphatic heterocycles. The first-order valence-electron chi connectivity index (χ1n) is 4.81. The summed E-state index contributed by atoms with van der Waals surface area (Å²) in [7, 11) is 0. The van der Waals surface area contributed by atoms with Crippen LogP contribution in [-0.2, 0) is 0 Å². The van der Waals surface area contributed by atoms with Crippen LogP contribution < -0.4 is 5.32 Å². The van der Waals surface area contributed by atoms with Gasteiger partial charge in [0.05, 0.1) is 12.1 Å². The lowest BCUT2D eigenvalue weighted by atomic mass is 10.0. The van der Waals surface area contributed by atoms with E-state index >= 15 is 0 Å². The van der Waals surface area contributed by atoms with Crippen LogP contribution in [0.5, 0.6) is 0 Å². The first kappa shape index (κ1) is 9.71. The number of carboxylic acids is 1. The molecule has 15 heavy (non-hydrogen) atoms. The second-order valence-electron chi connectivity index (χ2n) is 3.51. The molecule has 4 nitrogen and oxygen atoms in total. The summed E-state index contributed by atoms with van der Waals surface area (Å²) in [6, 6.07) is 5.26. The van der Waals surface area contributed by atoms with Crippen LogP contribution in [0.4, 0.5) is 0 Å². The largest absolute Gasteiger partial charge is 0.478 e. The summed E-state index contributed by atoms with van der Waals surface area (Å²) in [4.78, 5) is 15.2. The quantitative estimate of drug-likeness (QED) is 0.756. The summed E-state index contributed by atoms with van der Waals surface area (Å²) in [6.45, 7) is 3.43. The Balaban J connectivity index is 2.51. The maximum Gasteiger partial charge on any atom is 0.336 e. The number of carboxylic acid groups (broad SMARTS) is 1. The van der Waals surface area contributed by atoms with Crippen molar-refractivity contribution in [2.24, 2.45) is 4.99 Å². The van der Waals surface area contributed by atoms with Crippen molar-refractivity contribution in [3.8, 4) is 0 Å². The minimum atomic E-state index is -0.915. The Labute approximate surface area is 87.7 Å². The highest BCUT2D eigenvalue weighted by Crippen LogP contribution is 2.13. The number of benzene rings is 1. The first-order chi connectivity index (χ1) is 7.18. The van der Waals surface area contributed by atoms with Crippen molar-refractivity contribution < 1.29 is 9.90 Å². The zero-order valence-corrected chi connectivity index (χ0v) is 8.45. The molecule has 78 valence electrons. The fraction of sp³-hybridized carbons (Fsp3) is 0.273. The number of nitrogens with zero attached hydrogens (tertiary/aromatic N) is 1. The maximum atomic E-state index is 11.0. The van der Waals surface area contributed by atoms with Crippen LogP contribution in [-0.4, -0.2) is 30.0 Å². The highest BCUT2D eigenvalue weighted by Gasteiger charge is 2.16. The molecule has 2 N–H and O–H groups in total. The third-order valence-corrected chi connectivity index (χ3v) is 2.33. The smallest absolute Gasteiger partial charge is 0.336 e. The number of aryl methyl sites for hydroxylation is 1. The fourth-order valence-corrected chi connectivity index (χ4v) is 1.62. The number of aromatic carboxylic acids is 1. The number of hydrogen-bond donors (Lipinski definition) is 2. The van der Waals surface area contributed by atoms with Gasteiger partial charge in [-0.1, -0.05) is 11.6 Å². The van der Waals surface area contributed by atoms with E-state index in [1.165, 1.54) is 0 Å². The van der Waals surface area contributed by atoms with E-state index in [4.69, 9.17) is 5.11 Å². The summed E-state index contributed by atoms with van der Waals surface area (Å²) in [6.07, 6.45) is 0. The summed E-state index contributed by atoms with van der Waals surface area (Å²) < 4.78 is 0. The van der Waals surface area contributed by atoms with Crippen molar-refractivity contribution in [3.63, 3.8) is 0 Å². The van der Waals surface area contributed by atoms with E-state index in [0.29, 0.717) is 23.5 Å². The number of aliphatic imine (C=N–C) groups is 1. The van der Waals surface area contributed by atoms with Crippen molar-refractivity contribution in [3.05, 3.63) is 34.9 Å². The van der Waals surface area contributed by atoms with E-state index in [1.807, 2.05) is 13.0 Å². The van der Waals surface area contributed by atoms with Gasteiger partial charge in [0.25, 0.3) is 0 Å². The minimum Gasteiger partial charge on any atom is -0.478 e. The van der Waals surface area contributed by atoms with Gasteiger partial charge >= 0.3 is 5.97 Å². The molecule has 2 rings (SSSR count). The summed E-state index contributed by atoms with van der Waals surface area (Å²) >= 11 is 0. The molecule has 0 aliphatic carbocycles. The maximum absolute atomic E-state index is 11.0. The average Bonchev–Trinajstić information content (AvgIpc) is 2.69. The topological polar surface area (TPSA) is 61.7 Å². The predicted octanol–water partition coefficient (Wildman–Crippen LogP) is 1.04. The van der Waals surface area contributed by atoms with Crippen molar-refractivity contribution in [1.29, 1.82) is 0 Å². The molecule has 0 unspecified atom stereocenters. The van der Waals surface area contributed by atoms with Crippen LogP contribution in [0.15, 0.2) is 23.2 Å². The van der Waals surface area contributed by atoms with Gasteiger partial charge in [0.15, 0.2) is 0 Å². The van der Waals surface area contributed by atoms with E-state index in [-0.39, 0.29) is 0 Å². The number of amidine groups is 1. The molecule has 0 radical (unpaired) electrons. The lowest BCUT2D eigenvalue weighted by Gasteiger charge is -2.07. The highest BCUT2D eigenvalue weighted by atomic mass is 16.4. The Morgan fingerprint density at radius 1 is 1.53 bits per heavy atom. The molecule has 0 bridgehead atoms. The van der Waals surface area contributed by atoms with E-state index < -0.39 is 5.97 Å². The molecule has 0 spiro atoms. The monoisotopic (exact) mass is 204 g/mol. The van der Waals surface area contributed by atoms with E-state index in [2.05, 4.69) is 10.3 Å². The second-order valence-corrected chi connectivity index (χ2v) is 3.51. The molecule has 1 heterocycles. The van der Waals surface area contributed by atoms with Gasteiger partial charge < -0.3 is 10.4 Å². The van der Waals surface area contributed by atoms with Crippen molar-refractivity contribution in [2.45, 2.75) is 6.92 Å². The minimum absolute atomic E-state index is 0.300. The molecular formula is C11H12N2O2. The Hall–Kier alpha value is -1.84. The van der Waals surface area contributed by atoms with Crippen molar-refractivity contribution in [1.82, 2.24) is 5.32 Å². The van der Waals surface area contributed by atoms with Gasteiger partial charge in [-0.3, -0.25) is 4.99 Å². The van der Waals surface area contributed by atoms with E-state index in [0.717, 1.165) is 12.1 Å². The molecule has 0 amide bonds. The molecule has 0 saturated carbocycles. The van der Waals surface area contributed by atoms with E-state index in [9.17, 15) is 4.79 Å². The van der Waals surface area contributed by atoms with Gasteiger partial charge in [-0.15, -0.1) is 0 Å². The number of rotatable bonds is 2. The molecule has 1 aromatic rings. The Bertz CT molecular complexity index is 438. The van der Waals surface area contributed by atoms with Crippen molar-refractivity contribution >= 4 is 11.8 Å². The first-order valence-corrected chi connectivity index (χ1v) is 4.81. The second kappa shape index (κ2) is 3.73. The predicted molar refractivity (Wildman–Crippen MR) is 57.5 cm³/mol. The van der Waals surface area contributed by atoms with Crippen LogP contribution in [0.2, 0.25) is 0 Å². The van der Waals surface area contributed by atoms with Crippen LogP contribution >= 0.6 is 0 Å². The zero-order chi connectivity index (χ0) is 10.8. The molecule has 4 heteroatoms. The Kier molecular flexibility index (Phi) is 2.41. The molecular weight excluding hydrogens is 192 g/mol. The number of hydrogen-bond acceptors (Lipinski definition) is 3. The van der Waals surface area contributed by atoms with Gasteiger partial charge in [0.2, 0.25) is 0 Å². The SMILES string of the molecule is Cc1ccc(C(=O)O)c(C2=NCCN2)c1. The highest BCUT2D eigenvalue weighted by molar-refractivity contribution is 6.08. The Morgan fingerprint density at radius 2 is 2.33 bits per heavy atom. The van der Waals surface area contributed by atoms with Gasteiger partial charge in [-0.25, -0.2) is 4.79 Å². The Morgan fingerprint density at radius 3 is 2.93 bits per heavy atom. The van der Waals surface area contributed by atoms with Gasteiger partial charge in [0, 0.05) is 12.1 Å².